The Hall–Kier alpha value is -1.60. The lowest BCUT2D eigenvalue weighted by molar-refractivity contribution is -0.123. The first-order chi connectivity index (χ1) is 10.4. The van der Waals surface area contributed by atoms with Crippen molar-refractivity contribution in [3.05, 3.63) is 24.3 Å². The fraction of sp³-hybridized carbons (Fsp3) is 0.533. The first-order valence-corrected chi connectivity index (χ1v) is 8.89. The van der Waals surface area contributed by atoms with E-state index in [-0.39, 0.29) is 23.5 Å². The Kier molecular flexibility index (Phi) is 7.34. The van der Waals surface area contributed by atoms with Gasteiger partial charge in [-0.2, -0.15) is 0 Å². The van der Waals surface area contributed by atoms with Gasteiger partial charge in [0.25, 0.3) is 5.91 Å². The molecule has 0 heterocycles. The van der Waals surface area contributed by atoms with Crippen molar-refractivity contribution in [2.75, 3.05) is 13.2 Å². The van der Waals surface area contributed by atoms with Gasteiger partial charge in [0.05, 0.1) is 4.90 Å². The van der Waals surface area contributed by atoms with Crippen LogP contribution in [0.5, 0.6) is 5.75 Å². The highest BCUT2D eigenvalue weighted by molar-refractivity contribution is 7.89. The van der Waals surface area contributed by atoms with Crippen molar-refractivity contribution in [3.8, 4) is 5.75 Å². The summed E-state index contributed by atoms with van der Waals surface area (Å²) in [4.78, 5) is 11.6. The second-order valence-electron chi connectivity index (χ2n) is 5.04. The minimum absolute atomic E-state index is 0.0861. The highest BCUT2D eigenvalue weighted by atomic mass is 32.2. The summed E-state index contributed by atoms with van der Waals surface area (Å²) in [6.45, 7) is 6.21. The van der Waals surface area contributed by atoms with Crippen molar-refractivity contribution < 1.29 is 17.9 Å². The number of hydrogen-bond acceptors (Lipinski definition) is 4. The van der Waals surface area contributed by atoms with E-state index < -0.39 is 10.0 Å². The van der Waals surface area contributed by atoms with E-state index in [0.717, 1.165) is 6.42 Å². The fourth-order valence-electron chi connectivity index (χ4n) is 1.60. The summed E-state index contributed by atoms with van der Waals surface area (Å²) >= 11 is 0. The van der Waals surface area contributed by atoms with Crippen LogP contribution in [0.25, 0.3) is 0 Å². The quantitative estimate of drug-likeness (QED) is 0.722. The molecule has 2 N–H and O–H groups in total. The molecule has 0 unspecified atom stereocenters. The number of sulfonamides is 1. The summed E-state index contributed by atoms with van der Waals surface area (Å²) in [5, 5.41) is 2.70. The number of rotatable bonds is 9. The third kappa shape index (κ3) is 6.03. The molecule has 1 atom stereocenters. The number of carbonyl (C=O) groups is 1. The number of carbonyl (C=O) groups excluding carboxylic acids is 1. The zero-order valence-corrected chi connectivity index (χ0v) is 14.1. The summed E-state index contributed by atoms with van der Waals surface area (Å²) in [5.41, 5.74) is 0. The van der Waals surface area contributed by atoms with Crippen molar-refractivity contribution >= 4 is 15.9 Å². The van der Waals surface area contributed by atoms with Crippen LogP contribution < -0.4 is 14.8 Å². The molecule has 6 nitrogen and oxygen atoms in total. The maximum absolute atomic E-state index is 12.1. The second-order valence-corrected chi connectivity index (χ2v) is 6.75. The van der Waals surface area contributed by atoms with Gasteiger partial charge in [-0.25, -0.2) is 13.1 Å². The first-order valence-electron chi connectivity index (χ1n) is 7.41. The lowest BCUT2D eigenvalue weighted by atomic mass is 10.3. The van der Waals surface area contributed by atoms with Crippen molar-refractivity contribution in [1.29, 1.82) is 0 Å². The first kappa shape index (κ1) is 18.4. The van der Waals surface area contributed by atoms with Gasteiger partial charge in [-0.15, -0.1) is 0 Å². The number of ether oxygens (including phenoxy) is 1. The average Bonchev–Trinajstić information content (AvgIpc) is 2.50. The van der Waals surface area contributed by atoms with E-state index >= 15 is 0 Å². The van der Waals surface area contributed by atoms with E-state index in [9.17, 15) is 13.2 Å². The van der Waals surface area contributed by atoms with Gasteiger partial charge in [0.15, 0.2) is 6.61 Å². The van der Waals surface area contributed by atoms with Gasteiger partial charge in [0.1, 0.15) is 5.75 Å². The number of benzene rings is 1. The van der Waals surface area contributed by atoms with Crippen molar-refractivity contribution in [1.82, 2.24) is 10.0 Å². The standard InChI is InChI=1S/C15H24N2O4S/c1-4-10-16-15(18)11-21-13-6-8-14(9-7-13)22(19,20)17-12(3)5-2/h6-9,12,17H,4-5,10-11H2,1-3H3,(H,16,18)/t12-/m1/s1. The second kappa shape index (κ2) is 8.75. The molecule has 0 aliphatic rings. The number of amides is 1. The SMILES string of the molecule is CCCNC(=O)COc1ccc(S(=O)(=O)N[C@H](C)CC)cc1. The molecule has 0 aromatic heterocycles. The van der Waals surface area contributed by atoms with E-state index in [1.807, 2.05) is 20.8 Å². The molecule has 0 aliphatic heterocycles. The normalized spacial score (nSPS) is 12.7. The molecule has 0 saturated heterocycles. The molecule has 1 aromatic rings. The van der Waals surface area contributed by atoms with Gasteiger partial charge in [-0.05, 0) is 44.0 Å². The summed E-state index contributed by atoms with van der Waals surface area (Å²) in [7, 11) is -3.52. The summed E-state index contributed by atoms with van der Waals surface area (Å²) in [6.07, 6.45) is 1.58. The summed E-state index contributed by atoms with van der Waals surface area (Å²) in [6, 6.07) is 5.88. The zero-order chi connectivity index (χ0) is 16.6. The van der Waals surface area contributed by atoms with Crippen LogP contribution in [-0.4, -0.2) is 33.5 Å². The van der Waals surface area contributed by atoms with Crippen LogP contribution >= 0.6 is 0 Å². The van der Waals surface area contributed by atoms with Gasteiger partial charge in [-0.3, -0.25) is 4.79 Å². The Morgan fingerprint density at radius 1 is 1.23 bits per heavy atom. The topological polar surface area (TPSA) is 84.5 Å². The molecule has 0 spiro atoms. The maximum Gasteiger partial charge on any atom is 0.257 e. The number of hydrogen-bond donors (Lipinski definition) is 2. The maximum atomic E-state index is 12.1. The molecule has 0 radical (unpaired) electrons. The molecule has 22 heavy (non-hydrogen) atoms. The van der Waals surface area contributed by atoms with E-state index in [2.05, 4.69) is 10.0 Å². The van der Waals surface area contributed by atoms with Gasteiger partial charge >= 0.3 is 0 Å². The largest absolute Gasteiger partial charge is 0.484 e. The molecular formula is C15H24N2O4S. The zero-order valence-electron chi connectivity index (χ0n) is 13.3. The molecule has 0 fully saturated rings. The van der Waals surface area contributed by atoms with E-state index in [0.29, 0.717) is 18.7 Å². The molecule has 0 saturated carbocycles. The molecule has 1 amide bonds. The average molecular weight is 328 g/mol. The summed E-state index contributed by atoms with van der Waals surface area (Å²) in [5.74, 6) is 0.256. The van der Waals surface area contributed by atoms with Crippen molar-refractivity contribution in [3.63, 3.8) is 0 Å². The Bertz CT molecular complexity index is 570. The van der Waals surface area contributed by atoms with Crippen LogP contribution in [0, 0.1) is 0 Å². The van der Waals surface area contributed by atoms with Crippen LogP contribution in [0.2, 0.25) is 0 Å². The minimum Gasteiger partial charge on any atom is -0.484 e. The highest BCUT2D eigenvalue weighted by Crippen LogP contribution is 2.16. The minimum atomic E-state index is -3.52. The van der Waals surface area contributed by atoms with Crippen LogP contribution in [0.15, 0.2) is 29.2 Å². The smallest absolute Gasteiger partial charge is 0.257 e. The Morgan fingerprint density at radius 3 is 2.41 bits per heavy atom. The number of nitrogens with one attached hydrogen (secondary N) is 2. The van der Waals surface area contributed by atoms with Crippen LogP contribution in [0.1, 0.15) is 33.6 Å². The van der Waals surface area contributed by atoms with E-state index in [4.69, 9.17) is 4.74 Å². The third-order valence-corrected chi connectivity index (χ3v) is 4.65. The van der Waals surface area contributed by atoms with Gasteiger partial charge in [0, 0.05) is 12.6 Å². The molecule has 1 aromatic carbocycles. The van der Waals surface area contributed by atoms with Gasteiger partial charge in [0.2, 0.25) is 10.0 Å². The van der Waals surface area contributed by atoms with Crippen LogP contribution in [0.4, 0.5) is 0 Å². The van der Waals surface area contributed by atoms with Crippen LogP contribution in [0.3, 0.4) is 0 Å². The van der Waals surface area contributed by atoms with Gasteiger partial charge < -0.3 is 10.1 Å². The predicted octanol–water partition coefficient (Wildman–Crippen LogP) is 1.67. The monoisotopic (exact) mass is 328 g/mol. The molecule has 1 rings (SSSR count). The van der Waals surface area contributed by atoms with Gasteiger partial charge in [-0.1, -0.05) is 13.8 Å². The third-order valence-electron chi connectivity index (χ3n) is 3.04. The molecule has 124 valence electrons. The van der Waals surface area contributed by atoms with Crippen LogP contribution in [-0.2, 0) is 14.8 Å². The highest BCUT2D eigenvalue weighted by Gasteiger charge is 2.16. The van der Waals surface area contributed by atoms with E-state index in [1.165, 1.54) is 24.3 Å². The Morgan fingerprint density at radius 2 is 1.86 bits per heavy atom. The Labute approximate surface area is 132 Å². The lowest BCUT2D eigenvalue weighted by Gasteiger charge is -2.12. The van der Waals surface area contributed by atoms with Crippen molar-refractivity contribution in [2.24, 2.45) is 0 Å². The lowest BCUT2D eigenvalue weighted by Crippen LogP contribution is -2.32. The fourth-order valence-corrected chi connectivity index (χ4v) is 2.92. The van der Waals surface area contributed by atoms with Crippen molar-refractivity contribution in [2.45, 2.75) is 44.6 Å². The molecule has 0 aliphatic carbocycles. The molecule has 0 bridgehead atoms. The van der Waals surface area contributed by atoms with E-state index in [1.54, 1.807) is 0 Å². The predicted molar refractivity (Wildman–Crippen MR) is 85.3 cm³/mol. The Balaban J connectivity index is 2.61. The summed E-state index contributed by atoms with van der Waals surface area (Å²) < 4.78 is 32.1. The molecule has 7 heteroatoms. The molecular weight excluding hydrogens is 304 g/mol.